The van der Waals surface area contributed by atoms with E-state index in [0.717, 1.165) is 22.3 Å². The van der Waals surface area contributed by atoms with Gasteiger partial charge in [-0.1, -0.05) is 18.2 Å². The van der Waals surface area contributed by atoms with Gasteiger partial charge in [0, 0.05) is 12.5 Å². The van der Waals surface area contributed by atoms with E-state index in [2.05, 4.69) is 10.2 Å². The summed E-state index contributed by atoms with van der Waals surface area (Å²) in [6, 6.07) is 13.2. The molecule has 0 aliphatic carbocycles. The summed E-state index contributed by atoms with van der Waals surface area (Å²) in [6.07, 6.45) is -6.65. The fourth-order valence-electron chi connectivity index (χ4n) is 3.50. The first kappa shape index (κ1) is 21.4. The molecule has 1 fully saturated rings. The van der Waals surface area contributed by atoms with Gasteiger partial charge < -0.3 is 34.3 Å². The molecule has 1 aliphatic rings. The molecule has 1 aliphatic heterocycles. The minimum absolute atomic E-state index is 0.441. The molecule has 1 aromatic heterocycles. The Morgan fingerprint density at radius 1 is 0.903 bits per heavy atom. The van der Waals surface area contributed by atoms with Gasteiger partial charge in [-0.15, -0.1) is 10.2 Å². The summed E-state index contributed by atoms with van der Waals surface area (Å²) in [4.78, 5) is 0. The molecule has 2 aromatic carbocycles. The summed E-state index contributed by atoms with van der Waals surface area (Å²) in [7, 11) is 0. The third kappa shape index (κ3) is 4.32. The highest BCUT2D eigenvalue weighted by Gasteiger charge is 2.44. The number of hydrogen-bond acceptors (Lipinski definition) is 9. The van der Waals surface area contributed by atoms with Crippen molar-refractivity contribution in [3.8, 4) is 28.3 Å². The quantitative estimate of drug-likeness (QED) is 0.472. The Hall–Kier alpha value is -2.82. The number of aliphatic hydroxyl groups is 4. The molecule has 9 nitrogen and oxygen atoms in total. The van der Waals surface area contributed by atoms with E-state index in [1.807, 2.05) is 43.3 Å². The lowest BCUT2D eigenvalue weighted by Crippen LogP contribution is -2.60. The summed E-state index contributed by atoms with van der Waals surface area (Å²) in [5.41, 5.74) is 3.44. The van der Waals surface area contributed by atoms with Crippen molar-refractivity contribution in [2.75, 3.05) is 6.61 Å². The Balaban J connectivity index is 1.55. The van der Waals surface area contributed by atoms with Crippen molar-refractivity contribution < 1.29 is 34.3 Å². The first-order valence-electron chi connectivity index (χ1n) is 9.86. The summed E-state index contributed by atoms with van der Waals surface area (Å²) < 4.78 is 16.7. The van der Waals surface area contributed by atoms with Crippen LogP contribution in [0.5, 0.6) is 5.75 Å². The number of aryl methyl sites for hydroxylation is 2. The molecular formula is C22H24N2O7. The summed E-state index contributed by atoms with van der Waals surface area (Å²) in [5.74, 6) is 1.38. The van der Waals surface area contributed by atoms with E-state index >= 15 is 0 Å². The minimum atomic E-state index is -1.49. The highest BCUT2D eigenvalue weighted by molar-refractivity contribution is 5.70. The maximum atomic E-state index is 10.2. The van der Waals surface area contributed by atoms with Gasteiger partial charge in [0.1, 0.15) is 30.2 Å². The van der Waals surface area contributed by atoms with Gasteiger partial charge in [0.05, 0.1) is 6.61 Å². The van der Waals surface area contributed by atoms with E-state index in [1.165, 1.54) is 0 Å². The van der Waals surface area contributed by atoms with Gasteiger partial charge in [-0.3, -0.25) is 0 Å². The number of nitrogens with zero attached hydrogens (tertiary/aromatic N) is 2. The average Bonchev–Trinajstić information content (AvgIpc) is 3.21. The van der Waals surface area contributed by atoms with Crippen LogP contribution >= 0.6 is 0 Å². The Bertz CT molecular complexity index is 1050. The number of aliphatic hydroxyl groups excluding tert-OH is 4. The van der Waals surface area contributed by atoms with Gasteiger partial charge in [-0.05, 0) is 47.9 Å². The third-order valence-corrected chi connectivity index (χ3v) is 5.24. The molecule has 0 radical (unpaired) electrons. The molecule has 9 heteroatoms. The van der Waals surface area contributed by atoms with E-state index in [4.69, 9.17) is 13.9 Å². The standard InChI is InChI=1S/C22H24N2O7/c1-11-8-14(13-4-3-5-15(9-13)21-24-23-12(2)29-21)6-7-16(11)30-22-20(28)19(27)18(26)17(10-25)31-22/h3-9,17-20,22,25-28H,10H2,1-2H3/t17-,18-,19+,20+,22+/m1/s1. The van der Waals surface area contributed by atoms with Crippen LogP contribution in [0.1, 0.15) is 11.5 Å². The van der Waals surface area contributed by atoms with Gasteiger partial charge >= 0.3 is 0 Å². The fraction of sp³-hybridized carbons (Fsp3) is 0.364. The zero-order valence-corrected chi connectivity index (χ0v) is 17.0. The Labute approximate surface area is 178 Å². The first-order valence-corrected chi connectivity index (χ1v) is 9.86. The molecule has 4 rings (SSSR count). The lowest BCUT2D eigenvalue weighted by Gasteiger charge is -2.39. The minimum Gasteiger partial charge on any atom is -0.462 e. The molecule has 1 saturated heterocycles. The maximum absolute atomic E-state index is 10.2. The monoisotopic (exact) mass is 428 g/mol. The SMILES string of the molecule is Cc1nnc(-c2cccc(-c3ccc(O[C@H]4O[C@H](CO)[C@@H](O)[C@H](O)[C@@H]4O)c(C)c3)c2)o1. The molecule has 2 heterocycles. The zero-order chi connectivity index (χ0) is 22.1. The predicted octanol–water partition coefficient (Wildman–Crippen LogP) is 1.20. The zero-order valence-electron chi connectivity index (χ0n) is 17.0. The number of aromatic nitrogens is 2. The smallest absolute Gasteiger partial charge is 0.247 e. The fourth-order valence-corrected chi connectivity index (χ4v) is 3.50. The molecule has 5 atom stereocenters. The predicted molar refractivity (Wildman–Crippen MR) is 109 cm³/mol. The van der Waals surface area contributed by atoms with Crippen LogP contribution in [0.4, 0.5) is 0 Å². The molecule has 0 unspecified atom stereocenters. The summed E-state index contributed by atoms with van der Waals surface area (Å²) in [5, 5.41) is 47.3. The van der Waals surface area contributed by atoms with Crippen molar-refractivity contribution in [1.82, 2.24) is 10.2 Å². The number of benzene rings is 2. The number of ether oxygens (including phenoxy) is 2. The molecule has 31 heavy (non-hydrogen) atoms. The van der Waals surface area contributed by atoms with Crippen molar-refractivity contribution in [3.63, 3.8) is 0 Å². The van der Waals surface area contributed by atoms with E-state index in [0.29, 0.717) is 17.5 Å². The molecule has 4 N–H and O–H groups in total. The molecular weight excluding hydrogens is 404 g/mol. The van der Waals surface area contributed by atoms with Gasteiger partial charge in [0.25, 0.3) is 0 Å². The van der Waals surface area contributed by atoms with Gasteiger partial charge in [-0.2, -0.15) is 0 Å². The lowest BCUT2D eigenvalue weighted by atomic mass is 9.99. The van der Waals surface area contributed by atoms with E-state index in [-0.39, 0.29) is 0 Å². The van der Waals surface area contributed by atoms with Crippen LogP contribution in [0.25, 0.3) is 22.6 Å². The summed E-state index contributed by atoms with van der Waals surface area (Å²) >= 11 is 0. The highest BCUT2D eigenvalue weighted by atomic mass is 16.7. The molecule has 0 amide bonds. The first-order chi connectivity index (χ1) is 14.9. The van der Waals surface area contributed by atoms with Crippen molar-refractivity contribution in [2.45, 2.75) is 44.6 Å². The molecule has 3 aromatic rings. The van der Waals surface area contributed by atoms with Crippen molar-refractivity contribution in [3.05, 3.63) is 53.9 Å². The largest absolute Gasteiger partial charge is 0.462 e. The van der Waals surface area contributed by atoms with Crippen molar-refractivity contribution in [1.29, 1.82) is 0 Å². The summed E-state index contributed by atoms with van der Waals surface area (Å²) in [6.45, 7) is 3.06. The topological polar surface area (TPSA) is 138 Å². The second kappa shape index (κ2) is 8.74. The maximum Gasteiger partial charge on any atom is 0.247 e. The van der Waals surface area contributed by atoms with Crippen molar-refractivity contribution in [2.24, 2.45) is 0 Å². The average molecular weight is 428 g/mol. The van der Waals surface area contributed by atoms with Crippen LogP contribution in [0.2, 0.25) is 0 Å². The lowest BCUT2D eigenvalue weighted by molar-refractivity contribution is -0.277. The second-order valence-electron chi connectivity index (χ2n) is 7.50. The van der Waals surface area contributed by atoms with Crippen molar-refractivity contribution >= 4 is 0 Å². The Morgan fingerprint density at radius 2 is 1.65 bits per heavy atom. The highest BCUT2D eigenvalue weighted by Crippen LogP contribution is 2.31. The normalized spacial score (nSPS) is 26.1. The van der Waals surface area contributed by atoms with E-state index < -0.39 is 37.3 Å². The Kier molecular flexibility index (Phi) is 6.03. The van der Waals surface area contributed by atoms with Crippen LogP contribution < -0.4 is 4.74 Å². The van der Waals surface area contributed by atoms with E-state index in [9.17, 15) is 20.4 Å². The van der Waals surface area contributed by atoms with Gasteiger partial charge in [-0.25, -0.2) is 0 Å². The molecule has 164 valence electrons. The Morgan fingerprint density at radius 3 is 2.32 bits per heavy atom. The molecule has 0 spiro atoms. The third-order valence-electron chi connectivity index (χ3n) is 5.24. The number of rotatable bonds is 5. The second-order valence-corrected chi connectivity index (χ2v) is 7.50. The molecule has 0 bridgehead atoms. The van der Waals surface area contributed by atoms with Crippen LogP contribution in [0.15, 0.2) is 46.9 Å². The van der Waals surface area contributed by atoms with Crippen LogP contribution in [-0.4, -0.2) is 67.9 Å². The van der Waals surface area contributed by atoms with E-state index in [1.54, 1.807) is 13.0 Å². The van der Waals surface area contributed by atoms with Gasteiger partial charge in [0.15, 0.2) is 0 Å². The molecule has 0 saturated carbocycles. The van der Waals surface area contributed by atoms with Crippen LogP contribution in [0, 0.1) is 13.8 Å². The van der Waals surface area contributed by atoms with Crippen LogP contribution in [0.3, 0.4) is 0 Å². The number of hydrogen-bond donors (Lipinski definition) is 4. The van der Waals surface area contributed by atoms with Gasteiger partial charge in [0.2, 0.25) is 18.1 Å². The van der Waals surface area contributed by atoms with Crippen LogP contribution in [-0.2, 0) is 4.74 Å².